The fraction of sp³-hybridized carbons (Fsp3) is 0.222. The number of thioether (sulfide) groups is 1. The third kappa shape index (κ3) is 5.02. The highest BCUT2D eigenvalue weighted by Gasteiger charge is 2.04. The first-order chi connectivity index (χ1) is 7.18. The molecule has 0 fully saturated rings. The molecule has 15 heavy (non-hydrogen) atoms. The molecule has 0 radical (unpaired) electrons. The van der Waals surface area contributed by atoms with Gasteiger partial charge in [-0.25, -0.2) is 9.78 Å². The number of nitrogens with one attached hydrogen (secondary N) is 1. The summed E-state index contributed by atoms with van der Waals surface area (Å²) >= 11 is 1.45. The van der Waals surface area contributed by atoms with E-state index in [1.54, 1.807) is 6.20 Å². The number of primary amides is 1. The van der Waals surface area contributed by atoms with Crippen molar-refractivity contribution in [3.05, 3.63) is 24.4 Å². The summed E-state index contributed by atoms with van der Waals surface area (Å²) in [6.07, 6.45) is 1.93. The second-order valence-corrected chi connectivity index (χ2v) is 3.79. The minimum absolute atomic E-state index is 0.240. The number of urea groups is 1. The van der Waals surface area contributed by atoms with Gasteiger partial charge in [-0.15, -0.1) is 11.8 Å². The standard InChI is InChI=1S/C9H11N3O2S/c10-9(14)12-7(13)4-6-15-8-3-1-2-5-11-8/h1-3,5H,4,6H2,(H3,10,12,13,14). The number of hydrogen-bond acceptors (Lipinski definition) is 4. The monoisotopic (exact) mass is 225 g/mol. The molecule has 1 aromatic heterocycles. The molecule has 0 spiro atoms. The Morgan fingerprint density at radius 1 is 1.47 bits per heavy atom. The van der Waals surface area contributed by atoms with E-state index in [-0.39, 0.29) is 12.3 Å². The van der Waals surface area contributed by atoms with Gasteiger partial charge in [0, 0.05) is 18.4 Å². The van der Waals surface area contributed by atoms with Gasteiger partial charge in [0.1, 0.15) is 0 Å². The van der Waals surface area contributed by atoms with Crippen LogP contribution in [0.3, 0.4) is 0 Å². The second-order valence-electron chi connectivity index (χ2n) is 2.68. The molecule has 3 N–H and O–H groups in total. The van der Waals surface area contributed by atoms with Crippen LogP contribution in [0.25, 0.3) is 0 Å². The Balaban J connectivity index is 2.22. The molecule has 0 atom stereocenters. The Morgan fingerprint density at radius 2 is 2.27 bits per heavy atom. The minimum Gasteiger partial charge on any atom is -0.351 e. The van der Waals surface area contributed by atoms with Crippen molar-refractivity contribution >= 4 is 23.7 Å². The Bertz CT molecular complexity index is 342. The number of imide groups is 1. The summed E-state index contributed by atoms with van der Waals surface area (Å²) in [5, 5.41) is 2.85. The summed E-state index contributed by atoms with van der Waals surface area (Å²) in [7, 11) is 0. The normalized spacial score (nSPS) is 9.60. The Labute approximate surface area is 91.4 Å². The molecule has 1 aromatic rings. The van der Waals surface area contributed by atoms with E-state index in [9.17, 15) is 9.59 Å². The van der Waals surface area contributed by atoms with Crippen LogP contribution >= 0.6 is 11.8 Å². The largest absolute Gasteiger partial charge is 0.351 e. The van der Waals surface area contributed by atoms with E-state index in [2.05, 4.69) is 4.98 Å². The molecule has 3 amide bonds. The van der Waals surface area contributed by atoms with Crippen LogP contribution in [0.15, 0.2) is 29.4 Å². The fourth-order valence-electron chi connectivity index (χ4n) is 0.881. The zero-order valence-electron chi connectivity index (χ0n) is 7.97. The highest BCUT2D eigenvalue weighted by molar-refractivity contribution is 7.99. The van der Waals surface area contributed by atoms with Crippen molar-refractivity contribution in [2.75, 3.05) is 5.75 Å². The molecule has 80 valence electrons. The van der Waals surface area contributed by atoms with Crippen molar-refractivity contribution in [2.45, 2.75) is 11.4 Å². The van der Waals surface area contributed by atoms with Crippen LogP contribution in [-0.4, -0.2) is 22.7 Å². The summed E-state index contributed by atoms with van der Waals surface area (Å²) in [4.78, 5) is 25.4. The van der Waals surface area contributed by atoms with Crippen molar-refractivity contribution in [3.8, 4) is 0 Å². The summed E-state index contributed by atoms with van der Waals surface area (Å²) in [6.45, 7) is 0. The van der Waals surface area contributed by atoms with Gasteiger partial charge in [0.15, 0.2) is 0 Å². The predicted octanol–water partition coefficient (Wildman–Crippen LogP) is 0.759. The maximum Gasteiger partial charge on any atom is 0.318 e. The number of hydrogen-bond donors (Lipinski definition) is 2. The van der Waals surface area contributed by atoms with Crippen LogP contribution in [0.5, 0.6) is 0 Å². The Hall–Kier alpha value is -1.56. The molecule has 0 bridgehead atoms. The van der Waals surface area contributed by atoms with E-state index in [4.69, 9.17) is 5.73 Å². The third-order valence-electron chi connectivity index (χ3n) is 1.48. The first-order valence-corrected chi connectivity index (χ1v) is 5.30. The number of carbonyl (C=O) groups is 2. The van der Waals surface area contributed by atoms with Gasteiger partial charge < -0.3 is 5.73 Å². The Kier molecular flexibility index (Phi) is 4.62. The van der Waals surface area contributed by atoms with Gasteiger partial charge in [-0.2, -0.15) is 0 Å². The molecule has 1 rings (SSSR count). The van der Waals surface area contributed by atoms with Crippen molar-refractivity contribution in [3.63, 3.8) is 0 Å². The highest BCUT2D eigenvalue weighted by Crippen LogP contribution is 2.14. The number of carbonyl (C=O) groups excluding carboxylic acids is 2. The molecule has 0 aliphatic carbocycles. The maximum atomic E-state index is 11.0. The topological polar surface area (TPSA) is 85.1 Å². The van der Waals surface area contributed by atoms with Gasteiger partial charge in [0.2, 0.25) is 5.91 Å². The number of aromatic nitrogens is 1. The number of nitrogens with zero attached hydrogens (tertiary/aromatic N) is 1. The van der Waals surface area contributed by atoms with Gasteiger partial charge in [-0.1, -0.05) is 6.07 Å². The number of nitrogens with two attached hydrogens (primary N) is 1. The van der Waals surface area contributed by atoms with E-state index in [1.165, 1.54) is 11.8 Å². The van der Waals surface area contributed by atoms with Crippen LogP contribution in [0.4, 0.5) is 4.79 Å². The minimum atomic E-state index is -0.817. The molecule has 5 nitrogen and oxygen atoms in total. The molecule has 0 aliphatic rings. The third-order valence-corrected chi connectivity index (χ3v) is 2.42. The molecule has 6 heteroatoms. The fourth-order valence-corrected chi connectivity index (χ4v) is 1.69. The maximum absolute atomic E-state index is 11.0. The lowest BCUT2D eigenvalue weighted by molar-refractivity contribution is -0.119. The van der Waals surface area contributed by atoms with Gasteiger partial charge in [0.25, 0.3) is 0 Å². The van der Waals surface area contributed by atoms with Crippen LogP contribution in [0.2, 0.25) is 0 Å². The predicted molar refractivity (Wildman–Crippen MR) is 57.3 cm³/mol. The van der Waals surface area contributed by atoms with Gasteiger partial charge >= 0.3 is 6.03 Å². The molecule has 0 unspecified atom stereocenters. The number of rotatable bonds is 4. The van der Waals surface area contributed by atoms with Crippen LogP contribution in [0.1, 0.15) is 6.42 Å². The first kappa shape index (κ1) is 11.5. The van der Waals surface area contributed by atoms with Crippen LogP contribution < -0.4 is 11.1 Å². The van der Waals surface area contributed by atoms with E-state index in [1.807, 2.05) is 23.5 Å². The molecule has 0 aliphatic heterocycles. The molecular formula is C9H11N3O2S. The smallest absolute Gasteiger partial charge is 0.318 e. The zero-order chi connectivity index (χ0) is 11.1. The lowest BCUT2D eigenvalue weighted by atomic mass is 10.4. The average Bonchev–Trinajstić information content (AvgIpc) is 2.18. The van der Waals surface area contributed by atoms with Gasteiger partial charge in [-0.05, 0) is 12.1 Å². The SMILES string of the molecule is NC(=O)NC(=O)CCSc1ccccn1. The summed E-state index contributed by atoms with van der Waals surface area (Å²) in [6, 6.07) is 4.74. The quantitative estimate of drug-likeness (QED) is 0.741. The lowest BCUT2D eigenvalue weighted by Crippen LogP contribution is -2.35. The number of pyridine rings is 1. The summed E-state index contributed by atoms with van der Waals surface area (Å²) in [5.41, 5.74) is 4.79. The molecule has 0 aromatic carbocycles. The molecule has 0 saturated heterocycles. The van der Waals surface area contributed by atoms with Crippen LogP contribution in [0, 0.1) is 0 Å². The van der Waals surface area contributed by atoms with Crippen molar-refractivity contribution in [1.29, 1.82) is 0 Å². The van der Waals surface area contributed by atoms with Crippen molar-refractivity contribution < 1.29 is 9.59 Å². The van der Waals surface area contributed by atoms with E-state index in [0.717, 1.165) is 5.03 Å². The molecular weight excluding hydrogens is 214 g/mol. The van der Waals surface area contributed by atoms with Gasteiger partial charge in [0.05, 0.1) is 5.03 Å². The molecule has 0 saturated carbocycles. The lowest BCUT2D eigenvalue weighted by Gasteiger charge is -2.00. The highest BCUT2D eigenvalue weighted by atomic mass is 32.2. The first-order valence-electron chi connectivity index (χ1n) is 4.31. The van der Waals surface area contributed by atoms with E-state index < -0.39 is 6.03 Å². The van der Waals surface area contributed by atoms with Crippen molar-refractivity contribution in [1.82, 2.24) is 10.3 Å². The van der Waals surface area contributed by atoms with Crippen molar-refractivity contribution in [2.24, 2.45) is 5.73 Å². The van der Waals surface area contributed by atoms with Crippen LogP contribution in [-0.2, 0) is 4.79 Å². The average molecular weight is 225 g/mol. The summed E-state index contributed by atoms with van der Waals surface area (Å²) in [5.74, 6) is 0.196. The Morgan fingerprint density at radius 3 is 2.87 bits per heavy atom. The summed E-state index contributed by atoms with van der Waals surface area (Å²) < 4.78 is 0. The number of amides is 3. The van der Waals surface area contributed by atoms with E-state index >= 15 is 0 Å². The van der Waals surface area contributed by atoms with Gasteiger partial charge in [-0.3, -0.25) is 10.1 Å². The zero-order valence-corrected chi connectivity index (χ0v) is 8.79. The second kappa shape index (κ2) is 6.02. The van der Waals surface area contributed by atoms with E-state index in [0.29, 0.717) is 5.75 Å². The molecule has 1 heterocycles.